The van der Waals surface area contributed by atoms with Gasteiger partial charge in [0.2, 0.25) is 0 Å². The van der Waals surface area contributed by atoms with E-state index in [9.17, 15) is 5.11 Å². The Morgan fingerprint density at radius 1 is 1.47 bits per heavy atom. The topological polar surface area (TPSA) is 53.7 Å². The van der Waals surface area contributed by atoms with Crippen LogP contribution in [0.15, 0.2) is 24.7 Å². The molecule has 2 aromatic rings. The second-order valence-electron chi connectivity index (χ2n) is 4.78. The highest BCUT2D eigenvalue weighted by Crippen LogP contribution is 2.29. The Kier molecular flexibility index (Phi) is 2.48. The minimum Gasteiger partial charge on any atom is -0.393 e. The SMILES string of the molecule is CN(CC1CC(O)C1)c1nccn2nccc12. The van der Waals surface area contributed by atoms with Crippen molar-refractivity contribution in [2.45, 2.75) is 18.9 Å². The molecule has 0 unspecified atom stereocenters. The van der Waals surface area contributed by atoms with Gasteiger partial charge >= 0.3 is 0 Å². The Bertz CT molecular complexity index is 518. The van der Waals surface area contributed by atoms with E-state index < -0.39 is 0 Å². The van der Waals surface area contributed by atoms with E-state index in [-0.39, 0.29) is 6.10 Å². The van der Waals surface area contributed by atoms with Crippen LogP contribution in [0.3, 0.4) is 0 Å². The Morgan fingerprint density at radius 3 is 3.06 bits per heavy atom. The lowest BCUT2D eigenvalue weighted by molar-refractivity contribution is 0.0464. The van der Waals surface area contributed by atoms with Gasteiger partial charge in [-0.25, -0.2) is 9.50 Å². The van der Waals surface area contributed by atoms with Gasteiger partial charge in [-0.15, -0.1) is 0 Å². The first kappa shape index (κ1) is 10.5. The molecular formula is C12H16N4O. The molecule has 90 valence electrons. The Balaban J connectivity index is 1.80. The van der Waals surface area contributed by atoms with Crippen LogP contribution in [0.25, 0.3) is 5.52 Å². The number of rotatable bonds is 3. The van der Waals surface area contributed by atoms with Crippen molar-refractivity contribution >= 4 is 11.3 Å². The molecule has 5 heteroatoms. The van der Waals surface area contributed by atoms with Crippen LogP contribution in [0.4, 0.5) is 5.82 Å². The normalized spacial score (nSPS) is 23.6. The smallest absolute Gasteiger partial charge is 0.154 e. The summed E-state index contributed by atoms with van der Waals surface area (Å²) in [5.74, 6) is 1.53. The van der Waals surface area contributed by atoms with Crippen molar-refractivity contribution in [1.29, 1.82) is 0 Å². The zero-order valence-electron chi connectivity index (χ0n) is 9.82. The Labute approximate surface area is 99.7 Å². The van der Waals surface area contributed by atoms with E-state index in [4.69, 9.17) is 0 Å². The maximum Gasteiger partial charge on any atom is 0.154 e. The van der Waals surface area contributed by atoms with Crippen molar-refractivity contribution in [3.8, 4) is 0 Å². The van der Waals surface area contributed by atoms with Crippen LogP contribution < -0.4 is 4.90 Å². The predicted octanol–water partition coefficient (Wildman–Crippen LogP) is 0.936. The molecule has 2 aromatic heterocycles. The second kappa shape index (κ2) is 4.00. The maximum atomic E-state index is 9.29. The van der Waals surface area contributed by atoms with E-state index >= 15 is 0 Å². The summed E-state index contributed by atoms with van der Waals surface area (Å²) in [5.41, 5.74) is 1.02. The Hall–Kier alpha value is -1.62. The third kappa shape index (κ3) is 1.86. The standard InChI is InChI=1S/C12H16N4O/c1-15(8-9-6-10(17)7-9)12-11-2-3-14-16(11)5-4-13-12/h2-5,9-10,17H,6-8H2,1H3. The number of fused-ring (bicyclic) bond motifs is 1. The monoisotopic (exact) mass is 232 g/mol. The number of aliphatic hydroxyl groups is 1. The number of aromatic nitrogens is 3. The molecule has 1 aliphatic rings. The highest BCUT2D eigenvalue weighted by atomic mass is 16.3. The van der Waals surface area contributed by atoms with E-state index in [2.05, 4.69) is 15.0 Å². The highest BCUT2D eigenvalue weighted by molar-refractivity contribution is 5.67. The van der Waals surface area contributed by atoms with Gasteiger partial charge in [0, 0.05) is 26.0 Å². The first-order valence-corrected chi connectivity index (χ1v) is 5.91. The molecule has 5 nitrogen and oxygen atoms in total. The van der Waals surface area contributed by atoms with Crippen LogP contribution in [0, 0.1) is 5.92 Å². The van der Waals surface area contributed by atoms with Gasteiger partial charge in [0.05, 0.1) is 12.3 Å². The largest absolute Gasteiger partial charge is 0.393 e. The fourth-order valence-corrected chi connectivity index (χ4v) is 2.46. The molecule has 0 aromatic carbocycles. The van der Waals surface area contributed by atoms with Gasteiger partial charge < -0.3 is 10.0 Å². The molecular weight excluding hydrogens is 216 g/mol. The molecule has 0 saturated heterocycles. The summed E-state index contributed by atoms with van der Waals surface area (Å²) in [7, 11) is 2.04. The maximum absolute atomic E-state index is 9.29. The number of nitrogens with zero attached hydrogens (tertiary/aromatic N) is 4. The van der Waals surface area contributed by atoms with Gasteiger partial charge in [-0.2, -0.15) is 5.10 Å². The molecule has 0 aliphatic heterocycles. The molecule has 0 bridgehead atoms. The first-order valence-electron chi connectivity index (χ1n) is 5.91. The van der Waals surface area contributed by atoms with Crippen molar-refractivity contribution in [2.24, 2.45) is 5.92 Å². The lowest BCUT2D eigenvalue weighted by Crippen LogP contribution is -2.37. The molecule has 0 spiro atoms. The average Bonchev–Trinajstić information content (AvgIpc) is 2.74. The summed E-state index contributed by atoms with van der Waals surface area (Å²) in [5, 5.41) is 13.5. The first-order chi connectivity index (χ1) is 8.24. The molecule has 0 amide bonds. The molecule has 3 rings (SSSR count). The lowest BCUT2D eigenvalue weighted by atomic mass is 9.82. The van der Waals surface area contributed by atoms with Crippen molar-refractivity contribution < 1.29 is 5.11 Å². The van der Waals surface area contributed by atoms with Crippen LogP contribution in [0.2, 0.25) is 0 Å². The summed E-state index contributed by atoms with van der Waals surface area (Å²) in [6.45, 7) is 0.939. The molecule has 1 fully saturated rings. The molecule has 1 aliphatic carbocycles. The zero-order valence-corrected chi connectivity index (χ0v) is 9.82. The third-order valence-electron chi connectivity index (χ3n) is 3.41. The van der Waals surface area contributed by atoms with E-state index in [1.165, 1.54) is 0 Å². The molecule has 0 radical (unpaired) electrons. The summed E-state index contributed by atoms with van der Waals surface area (Å²) >= 11 is 0. The molecule has 2 heterocycles. The predicted molar refractivity (Wildman–Crippen MR) is 65.0 cm³/mol. The van der Waals surface area contributed by atoms with Crippen LogP contribution in [0.1, 0.15) is 12.8 Å². The third-order valence-corrected chi connectivity index (χ3v) is 3.41. The quantitative estimate of drug-likeness (QED) is 0.855. The van der Waals surface area contributed by atoms with Gasteiger partial charge in [0.1, 0.15) is 5.52 Å². The van der Waals surface area contributed by atoms with Crippen molar-refractivity contribution in [1.82, 2.24) is 14.6 Å². The number of hydrogen-bond donors (Lipinski definition) is 1. The van der Waals surface area contributed by atoms with Gasteiger partial charge in [-0.05, 0) is 24.8 Å². The van der Waals surface area contributed by atoms with Gasteiger partial charge in [0.25, 0.3) is 0 Å². The zero-order chi connectivity index (χ0) is 11.8. The minimum absolute atomic E-state index is 0.0906. The second-order valence-corrected chi connectivity index (χ2v) is 4.78. The number of hydrogen-bond acceptors (Lipinski definition) is 4. The number of aliphatic hydroxyl groups excluding tert-OH is 1. The summed E-state index contributed by atoms with van der Waals surface area (Å²) < 4.78 is 1.83. The highest BCUT2D eigenvalue weighted by Gasteiger charge is 2.28. The van der Waals surface area contributed by atoms with Gasteiger partial charge in [0.15, 0.2) is 5.82 Å². The molecule has 17 heavy (non-hydrogen) atoms. The summed E-state index contributed by atoms with van der Waals surface area (Å²) in [6, 6.07) is 1.97. The van der Waals surface area contributed by atoms with Crippen LogP contribution in [-0.4, -0.2) is 39.4 Å². The van der Waals surface area contributed by atoms with Crippen molar-refractivity contribution in [3.63, 3.8) is 0 Å². The van der Waals surface area contributed by atoms with Gasteiger partial charge in [-0.1, -0.05) is 0 Å². The lowest BCUT2D eigenvalue weighted by Gasteiger charge is -2.34. The van der Waals surface area contributed by atoms with E-state index in [0.717, 1.165) is 30.7 Å². The average molecular weight is 232 g/mol. The van der Waals surface area contributed by atoms with Crippen molar-refractivity contribution in [2.75, 3.05) is 18.5 Å². The summed E-state index contributed by atoms with van der Waals surface area (Å²) in [6.07, 6.45) is 7.12. The van der Waals surface area contributed by atoms with E-state index in [1.54, 1.807) is 12.4 Å². The summed E-state index contributed by atoms with van der Waals surface area (Å²) in [4.78, 5) is 6.56. The minimum atomic E-state index is -0.0906. The fourth-order valence-electron chi connectivity index (χ4n) is 2.46. The van der Waals surface area contributed by atoms with E-state index in [1.807, 2.05) is 23.8 Å². The fraction of sp³-hybridized carbons (Fsp3) is 0.500. The van der Waals surface area contributed by atoms with Crippen LogP contribution >= 0.6 is 0 Å². The van der Waals surface area contributed by atoms with E-state index in [0.29, 0.717) is 5.92 Å². The van der Waals surface area contributed by atoms with Gasteiger partial charge in [-0.3, -0.25) is 0 Å². The molecule has 0 atom stereocenters. The Morgan fingerprint density at radius 2 is 2.29 bits per heavy atom. The van der Waals surface area contributed by atoms with Crippen LogP contribution in [-0.2, 0) is 0 Å². The van der Waals surface area contributed by atoms with Crippen molar-refractivity contribution in [3.05, 3.63) is 24.7 Å². The number of anilines is 1. The molecule has 1 N–H and O–H groups in total. The molecule has 1 saturated carbocycles. The van der Waals surface area contributed by atoms with Crippen LogP contribution in [0.5, 0.6) is 0 Å².